The van der Waals surface area contributed by atoms with Gasteiger partial charge >= 0.3 is 0 Å². The largest absolute Gasteiger partial charge is 0.364 e. The molecule has 0 fully saturated rings. The van der Waals surface area contributed by atoms with Crippen LogP contribution in [0.5, 0.6) is 0 Å². The average Bonchev–Trinajstić information content (AvgIpc) is 3.31. The molecule has 0 amide bonds. The van der Waals surface area contributed by atoms with Crippen molar-refractivity contribution >= 4 is 5.82 Å². The van der Waals surface area contributed by atoms with E-state index in [2.05, 4.69) is 68.4 Å². The van der Waals surface area contributed by atoms with Crippen molar-refractivity contribution in [2.24, 2.45) is 0 Å². The SMILES string of the molecule is Cc1cn(-c2ccc(-c3ccc(N[C@@H](C)c4ccc(F)cc4)nc3)cc2-c2ccccc2)cn1. The minimum atomic E-state index is -0.234. The van der Waals surface area contributed by atoms with Gasteiger partial charge < -0.3 is 9.88 Å². The highest BCUT2D eigenvalue weighted by Gasteiger charge is 2.11. The zero-order valence-corrected chi connectivity index (χ0v) is 19.1. The molecule has 5 aromatic rings. The van der Waals surface area contributed by atoms with Crippen molar-refractivity contribution in [3.05, 3.63) is 121 Å². The van der Waals surface area contributed by atoms with E-state index in [-0.39, 0.29) is 11.9 Å². The number of nitrogens with one attached hydrogen (secondary N) is 1. The maximum atomic E-state index is 13.2. The van der Waals surface area contributed by atoms with Crippen LogP contribution in [-0.4, -0.2) is 14.5 Å². The van der Waals surface area contributed by atoms with Gasteiger partial charge in [0.05, 0.1) is 17.7 Å². The highest BCUT2D eigenvalue weighted by molar-refractivity contribution is 5.79. The van der Waals surface area contributed by atoms with Crippen LogP contribution in [0.15, 0.2) is 104 Å². The Hall–Kier alpha value is -4.25. The third-order valence-corrected chi connectivity index (χ3v) is 5.90. The second-order valence-electron chi connectivity index (χ2n) is 8.37. The number of benzene rings is 3. The lowest BCUT2D eigenvalue weighted by atomic mass is 9.98. The molecule has 1 atom stereocenters. The molecule has 0 aliphatic carbocycles. The fraction of sp³-hybridized carbons (Fsp3) is 0.103. The number of anilines is 1. The predicted octanol–water partition coefficient (Wildman–Crippen LogP) is 7.22. The van der Waals surface area contributed by atoms with Crippen molar-refractivity contribution in [3.63, 3.8) is 0 Å². The maximum Gasteiger partial charge on any atom is 0.126 e. The quantitative estimate of drug-likeness (QED) is 0.298. The summed E-state index contributed by atoms with van der Waals surface area (Å²) in [6.07, 6.45) is 5.76. The molecule has 0 spiro atoms. The topological polar surface area (TPSA) is 42.7 Å². The van der Waals surface area contributed by atoms with Gasteiger partial charge in [-0.15, -0.1) is 0 Å². The molecular weight excluding hydrogens is 423 g/mol. The van der Waals surface area contributed by atoms with E-state index in [1.165, 1.54) is 12.1 Å². The summed E-state index contributed by atoms with van der Waals surface area (Å²) in [4.78, 5) is 9.02. The van der Waals surface area contributed by atoms with E-state index in [4.69, 9.17) is 0 Å². The first kappa shape index (κ1) is 21.6. The Morgan fingerprint density at radius 1 is 0.824 bits per heavy atom. The molecule has 0 saturated carbocycles. The van der Waals surface area contributed by atoms with Gasteiger partial charge in [-0.05, 0) is 66.9 Å². The van der Waals surface area contributed by atoms with Gasteiger partial charge in [0, 0.05) is 29.6 Å². The fourth-order valence-electron chi connectivity index (χ4n) is 4.05. The second-order valence-corrected chi connectivity index (χ2v) is 8.37. The molecule has 2 aromatic heterocycles. The number of pyridine rings is 1. The molecule has 2 heterocycles. The van der Waals surface area contributed by atoms with E-state index >= 15 is 0 Å². The first-order valence-corrected chi connectivity index (χ1v) is 11.3. The van der Waals surface area contributed by atoms with Crippen LogP contribution < -0.4 is 5.32 Å². The smallest absolute Gasteiger partial charge is 0.126 e. The molecule has 0 unspecified atom stereocenters. The molecule has 0 saturated heterocycles. The van der Waals surface area contributed by atoms with E-state index < -0.39 is 0 Å². The Bertz CT molecular complexity index is 1390. The lowest BCUT2D eigenvalue weighted by Crippen LogP contribution is -2.07. The van der Waals surface area contributed by atoms with Crippen LogP contribution in [-0.2, 0) is 0 Å². The molecule has 3 aromatic carbocycles. The summed E-state index contributed by atoms with van der Waals surface area (Å²) in [7, 11) is 0. The van der Waals surface area contributed by atoms with Gasteiger partial charge in [-0.1, -0.05) is 48.5 Å². The van der Waals surface area contributed by atoms with E-state index in [9.17, 15) is 4.39 Å². The minimum Gasteiger partial charge on any atom is -0.364 e. The first-order chi connectivity index (χ1) is 16.6. The van der Waals surface area contributed by atoms with E-state index in [1.807, 2.05) is 44.7 Å². The van der Waals surface area contributed by atoms with Gasteiger partial charge in [0.25, 0.3) is 0 Å². The molecule has 0 radical (unpaired) electrons. The van der Waals surface area contributed by atoms with Crippen LogP contribution in [0.2, 0.25) is 0 Å². The summed E-state index contributed by atoms with van der Waals surface area (Å²) in [5.74, 6) is 0.539. The van der Waals surface area contributed by atoms with E-state index in [0.29, 0.717) is 0 Å². The molecule has 0 aliphatic rings. The molecule has 5 rings (SSSR count). The summed E-state index contributed by atoms with van der Waals surface area (Å²) in [5, 5.41) is 3.38. The molecule has 5 heteroatoms. The third kappa shape index (κ3) is 4.59. The number of imidazole rings is 1. The van der Waals surface area contributed by atoms with Gasteiger partial charge in [0.15, 0.2) is 0 Å². The Labute approximate surface area is 198 Å². The second kappa shape index (κ2) is 9.32. The molecule has 34 heavy (non-hydrogen) atoms. The van der Waals surface area contributed by atoms with Crippen LogP contribution in [0.4, 0.5) is 10.2 Å². The molecular formula is C29H25FN4. The van der Waals surface area contributed by atoms with E-state index in [1.54, 1.807) is 12.1 Å². The standard InChI is InChI=1S/C29H25FN4/c1-20-18-34(19-32-20)28-14-10-24(16-27(28)23-6-4-3-5-7-23)25-11-15-29(31-17-25)33-21(2)22-8-12-26(30)13-9-22/h3-19,21H,1-2H3,(H,31,33)/t21-/m0/s1. The van der Waals surface area contributed by atoms with Gasteiger partial charge in [-0.3, -0.25) is 0 Å². The van der Waals surface area contributed by atoms with E-state index in [0.717, 1.165) is 45.0 Å². The van der Waals surface area contributed by atoms with Gasteiger partial charge in [0.1, 0.15) is 11.6 Å². The number of nitrogens with zero attached hydrogens (tertiary/aromatic N) is 3. The van der Waals surface area contributed by atoms with Crippen LogP contribution in [0.3, 0.4) is 0 Å². The van der Waals surface area contributed by atoms with Crippen molar-refractivity contribution in [3.8, 4) is 27.9 Å². The Balaban J connectivity index is 1.44. The van der Waals surface area contributed by atoms with Crippen LogP contribution >= 0.6 is 0 Å². The lowest BCUT2D eigenvalue weighted by molar-refractivity contribution is 0.626. The average molecular weight is 449 g/mol. The molecule has 0 aliphatic heterocycles. The van der Waals surface area contributed by atoms with Crippen molar-refractivity contribution in [2.75, 3.05) is 5.32 Å². The van der Waals surface area contributed by atoms with Crippen LogP contribution in [0, 0.1) is 12.7 Å². The lowest BCUT2D eigenvalue weighted by Gasteiger charge is -2.16. The van der Waals surface area contributed by atoms with Gasteiger partial charge in [0.2, 0.25) is 0 Å². The molecule has 1 N–H and O–H groups in total. The summed E-state index contributed by atoms with van der Waals surface area (Å²) < 4.78 is 15.3. The van der Waals surface area contributed by atoms with Crippen molar-refractivity contribution in [1.29, 1.82) is 0 Å². The first-order valence-electron chi connectivity index (χ1n) is 11.3. The molecule has 0 bridgehead atoms. The number of rotatable bonds is 6. The number of hydrogen-bond donors (Lipinski definition) is 1. The van der Waals surface area contributed by atoms with Crippen molar-refractivity contribution < 1.29 is 4.39 Å². The normalized spacial score (nSPS) is 11.9. The Kier molecular flexibility index (Phi) is 5.91. The number of halogens is 1. The summed E-state index contributed by atoms with van der Waals surface area (Å²) >= 11 is 0. The van der Waals surface area contributed by atoms with Crippen LogP contribution in [0.1, 0.15) is 24.2 Å². The highest BCUT2D eigenvalue weighted by atomic mass is 19.1. The van der Waals surface area contributed by atoms with Gasteiger partial charge in [-0.2, -0.15) is 0 Å². The van der Waals surface area contributed by atoms with Crippen LogP contribution in [0.25, 0.3) is 27.9 Å². The highest BCUT2D eigenvalue weighted by Crippen LogP contribution is 2.32. The Morgan fingerprint density at radius 3 is 2.26 bits per heavy atom. The monoisotopic (exact) mass is 448 g/mol. The number of aryl methyl sites for hydroxylation is 1. The van der Waals surface area contributed by atoms with Crippen molar-refractivity contribution in [1.82, 2.24) is 14.5 Å². The minimum absolute atomic E-state index is 0.0153. The maximum absolute atomic E-state index is 13.2. The molecule has 4 nitrogen and oxygen atoms in total. The summed E-state index contributed by atoms with van der Waals surface area (Å²) in [5.41, 5.74) is 7.45. The van der Waals surface area contributed by atoms with Gasteiger partial charge in [-0.25, -0.2) is 14.4 Å². The number of aromatic nitrogens is 3. The fourth-order valence-corrected chi connectivity index (χ4v) is 4.05. The summed E-state index contributed by atoms with van der Waals surface area (Å²) in [6, 6.07) is 27.4. The zero-order valence-electron chi connectivity index (χ0n) is 19.1. The summed E-state index contributed by atoms with van der Waals surface area (Å²) in [6.45, 7) is 4.02. The number of hydrogen-bond acceptors (Lipinski definition) is 3. The predicted molar refractivity (Wildman–Crippen MR) is 135 cm³/mol. The zero-order chi connectivity index (χ0) is 23.5. The Morgan fingerprint density at radius 2 is 1.59 bits per heavy atom. The van der Waals surface area contributed by atoms with Crippen molar-refractivity contribution in [2.45, 2.75) is 19.9 Å². The third-order valence-electron chi connectivity index (χ3n) is 5.90. The molecule has 168 valence electrons.